The number of ether oxygens (including phenoxy) is 2. The zero-order valence-corrected chi connectivity index (χ0v) is 15.7. The quantitative estimate of drug-likeness (QED) is 0.385. The van der Waals surface area contributed by atoms with Crippen LogP contribution in [0.2, 0.25) is 0 Å². The SMILES string of the molecule is CC(C)(C)OC(=O)NC(N)=NCc1ccc(OCCCO)c(Br)c1. The second-order valence-corrected chi connectivity index (χ2v) is 6.87. The number of aliphatic imine (C=N–C) groups is 1. The van der Waals surface area contributed by atoms with Gasteiger partial charge in [-0.25, -0.2) is 9.79 Å². The van der Waals surface area contributed by atoms with Gasteiger partial charge in [0, 0.05) is 13.0 Å². The molecular formula is C16H24BrN3O4. The van der Waals surface area contributed by atoms with Crippen LogP contribution < -0.4 is 15.8 Å². The Balaban J connectivity index is 2.56. The summed E-state index contributed by atoms with van der Waals surface area (Å²) in [5.74, 6) is 0.680. The first-order chi connectivity index (χ1) is 11.2. The second-order valence-electron chi connectivity index (χ2n) is 6.02. The van der Waals surface area contributed by atoms with E-state index in [1.54, 1.807) is 20.8 Å². The van der Waals surface area contributed by atoms with Crippen LogP contribution in [0, 0.1) is 0 Å². The summed E-state index contributed by atoms with van der Waals surface area (Å²) in [4.78, 5) is 15.7. The summed E-state index contributed by atoms with van der Waals surface area (Å²) in [6.07, 6.45) is -0.0664. The van der Waals surface area contributed by atoms with Gasteiger partial charge in [-0.3, -0.25) is 5.32 Å². The minimum Gasteiger partial charge on any atom is -0.492 e. The number of halogens is 1. The fourth-order valence-corrected chi connectivity index (χ4v) is 2.17. The maximum absolute atomic E-state index is 11.6. The van der Waals surface area contributed by atoms with Crippen LogP contribution in [0.4, 0.5) is 4.79 Å². The van der Waals surface area contributed by atoms with Gasteiger partial charge in [0.25, 0.3) is 0 Å². The molecule has 0 radical (unpaired) electrons. The van der Waals surface area contributed by atoms with E-state index in [4.69, 9.17) is 20.3 Å². The number of aliphatic hydroxyl groups is 1. The molecule has 0 unspecified atom stereocenters. The van der Waals surface area contributed by atoms with Gasteiger partial charge in [0.1, 0.15) is 11.4 Å². The average Bonchev–Trinajstić information content (AvgIpc) is 2.45. The molecule has 0 heterocycles. The predicted octanol–water partition coefficient (Wildman–Crippen LogP) is 2.55. The molecule has 4 N–H and O–H groups in total. The zero-order valence-electron chi connectivity index (χ0n) is 14.1. The summed E-state index contributed by atoms with van der Waals surface area (Å²) in [6, 6.07) is 5.52. The summed E-state index contributed by atoms with van der Waals surface area (Å²) < 4.78 is 11.4. The molecule has 0 aliphatic carbocycles. The summed E-state index contributed by atoms with van der Waals surface area (Å²) in [5.41, 5.74) is 5.97. The third-order valence-corrected chi connectivity index (χ3v) is 3.24. The molecule has 0 saturated carbocycles. The number of hydrogen-bond acceptors (Lipinski definition) is 5. The molecule has 0 aromatic heterocycles. The number of alkyl carbamates (subject to hydrolysis) is 1. The lowest BCUT2D eigenvalue weighted by molar-refractivity contribution is 0.0562. The number of aliphatic hydroxyl groups excluding tert-OH is 1. The number of nitrogens with one attached hydrogen (secondary N) is 1. The number of guanidine groups is 1. The van der Waals surface area contributed by atoms with E-state index in [-0.39, 0.29) is 12.6 Å². The van der Waals surface area contributed by atoms with E-state index >= 15 is 0 Å². The highest BCUT2D eigenvalue weighted by atomic mass is 79.9. The number of benzene rings is 1. The molecule has 1 aromatic rings. The van der Waals surface area contributed by atoms with Crippen molar-refractivity contribution in [2.24, 2.45) is 10.7 Å². The highest BCUT2D eigenvalue weighted by Crippen LogP contribution is 2.26. The number of carbonyl (C=O) groups excluding carboxylic acids is 1. The van der Waals surface area contributed by atoms with Gasteiger partial charge in [0.05, 0.1) is 17.6 Å². The van der Waals surface area contributed by atoms with Crippen molar-refractivity contribution in [1.82, 2.24) is 5.32 Å². The molecule has 7 nitrogen and oxygen atoms in total. The summed E-state index contributed by atoms with van der Waals surface area (Å²) >= 11 is 3.42. The van der Waals surface area contributed by atoms with Crippen molar-refractivity contribution in [2.45, 2.75) is 39.3 Å². The van der Waals surface area contributed by atoms with Crippen molar-refractivity contribution in [1.29, 1.82) is 0 Å². The Morgan fingerprint density at radius 3 is 2.71 bits per heavy atom. The van der Waals surface area contributed by atoms with E-state index in [1.165, 1.54) is 0 Å². The van der Waals surface area contributed by atoms with Gasteiger partial charge >= 0.3 is 6.09 Å². The Bertz CT molecular complexity index is 585. The first-order valence-electron chi connectivity index (χ1n) is 7.53. The average molecular weight is 402 g/mol. The van der Waals surface area contributed by atoms with Gasteiger partial charge < -0.3 is 20.3 Å². The standard InChI is InChI=1S/C16H24BrN3O4/c1-16(2,3)24-15(22)20-14(18)19-10-11-5-6-13(12(17)9-11)23-8-4-7-21/h5-6,9,21H,4,7-8,10H2,1-3H3,(H3,18,19,20,22). The Morgan fingerprint density at radius 2 is 2.12 bits per heavy atom. The van der Waals surface area contributed by atoms with Gasteiger partial charge in [-0.2, -0.15) is 0 Å². The van der Waals surface area contributed by atoms with Crippen LogP contribution in [0.15, 0.2) is 27.7 Å². The van der Waals surface area contributed by atoms with Crippen molar-refractivity contribution >= 4 is 28.0 Å². The van der Waals surface area contributed by atoms with Crippen LogP contribution in [0.5, 0.6) is 5.75 Å². The predicted molar refractivity (Wildman–Crippen MR) is 96.0 cm³/mol. The van der Waals surface area contributed by atoms with Gasteiger partial charge in [-0.05, 0) is 54.4 Å². The third kappa shape index (κ3) is 8.16. The molecule has 0 fully saturated rings. The molecule has 0 spiro atoms. The Kier molecular flexibility index (Phi) is 8.00. The molecule has 24 heavy (non-hydrogen) atoms. The molecule has 1 rings (SSSR count). The topological polar surface area (TPSA) is 106 Å². The van der Waals surface area contributed by atoms with E-state index < -0.39 is 11.7 Å². The number of hydrogen-bond donors (Lipinski definition) is 3. The van der Waals surface area contributed by atoms with E-state index in [0.717, 1.165) is 10.0 Å². The summed E-state index contributed by atoms with van der Waals surface area (Å²) in [6.45, 7) is 6.13. The number of nitrogens with zero attached hydrogens (tertiary/aromatic N) is 1. The Labute approximate surface area is 150 Å². The van der Waals surface area contributed by atoms with Crippen molar-refractivity contribution < 1.29 is 19.4 Å². The molecule has 0 atom stereocenters. The highest BCUT2D eigenvalue weighted by Gasteiger charge is 2.16. The lowest BCUT2D eigenvalue weighted by Gasteiger charge is -2.19. The third-order valence-electron chi connectivity index (χ3n) is 2.62. The van der Waals surface area contributed by atoms with Crippen LogP contribution in [-0.4, -0.2) is 36.0 Å². The lowest BCUT2D eigenvalue weighted by Crippen LogP contribution is -2.40. The van der Waals surface area contributed by atoms with Crippen LogP contribution in [0.1, 0.15) is 32.8 Å². The summed E-state index contributed by atoms with van der Waals surface area (Å²) in [5, 5.41) is 11.1. The van der Waals surface area contributed by atoms with E-state index in [0.29, 0.717) is 25.3 Å². The number of carbonyl (C=O) groups is 1. The van der Waals surface area contributed by atoms with Gasteiger partial charge in [0.2, 0.25) is 0 Å². The van der Waals surface area contributed by atoms with Crippen molar-refractivity contribution in [3.8, 4) is 5.75 Å². The van der Waals surface area contributed by atoms with Crippen molar-refractivity contribution in [3.05, 3.63) is 28.2 Å². The first kappa shape index (κ1) is 20.2. The van der Waals surface area contributed by atoms with Gasteiger partial charge in [-0.15, -0.1) is 0 Å². The van der Waals surface area contributed by atoms with Gasteiger partial charge in [0.15, 0.2) is 5.96 Å². The maximum atomic E-state index is 11.6. The summed E-state index contributed by atoms with van der Waals surface area (Å²) in [7, 11) is 0. The second kappa shape index (κ2) is 9.48. The molecule has 0 aliphatic heterocycles. The largest absolute Gasteiger partial charge is 0.492 e. The first-order valence-corrected chi connectivity index (χ1v) is 8.32. The fourth-order valence-electron chi connectivity index (χ4n) is 1.63. The minimum atomic E-state index is -0.641. The number of amides is 1. The van der Waals surface area contributed by atoms with E-state index in [9.17, 15) is 4.79 Å². The van der Waals surface area contributed by atoms with Crippen LogP contribution in [-0.2, 0) is 11.3 Å². The van der Waals surface area contributed by atoms with Crippen LogP contribution in [0.3, 0.4) is 0 Å². The molecule has 1 amide bonds. The molecular weight excluding hydrogens is 378 g/mol. The maximum Gasteiger partial charge on any atom is 0.414 e. The molecule has 0 saturated heterocycles. The molecule has 8 heteroatoms. The molecule has 0 bridgehead atoms. The lowest BCUT2D eigenvalue weighted by atomic mass is 10.2. The number of nitrogens with two attached hydrogens (primary N) is 1. The van der Waals surface area contributed by atoms with Crippen LogP contribution >= 0.6 is 15.9 Å². The smallest absolute Gasteiger partial charge is 0.414 e. The molecule has 1 aromatic carbocycles. The monoisotopic (exact) mass is 401 g/mol. The van der Waals surface area contributed by atoms with Crippen LogP contribution in [0.25, 0.3) is 0 Å². The Morgan fingerprint density at radius 1 is 1.42 bits per heavy atom. The van der Waals surface area contributed by atoms with Crippen molar-refractivity contribution in [3.63, 3.8) is 0 Å². The fraction of sp³-hybridized carbons (Fsp3) is 0.500. The molecule has 0 aliphatic rings. The minimum absolute atomic E-state index is 0.0105. The van der Waals surface area contributed by atoms with Gasteiger partial charge in [-0.1, -0.05) is 6.07 Å². The zero-order chi connectivity index (χ0) is 18.2. The highest BCUT2D eigenvalue weighted by molar-refractivity contribution is 9.10. The van der Waals surface area contributed by atoms with E-state index in [1.807, 2.05) is 18.2 Å². The normalized spacial score (nSPS) is 12.0. The van der Waals surface area contributed by atoms with Crippen molar-refractivity contribution in [2.75, 3.05) is 13.2 Å². The van der Waals surface area contributed by atoms with E-state index in [2.05, 4.69) is 26.2 Å². The molecule has 134 valence electrons. The Hall–Kier alpha value is -1.80. The number of rotatable bonds is 6.